The maximum Gasteiger partial charge on any atom is 0.243 e. The lowest BCUT2D eigenvalue weighted by molar-refractivity contribution is -0.136. The van der Waals surface area contributed by atoms with Gasteiger partial charge in [-0.15, -0.1) is 0 Å². The molecule has 1 aliphatic heterocycles. The van der Waals surface area contributed by atoms with Gasteiger partial charge in [0.1, 0.15) is 6.54 Å². The Morgan fingerprint density at radius 2 is 1.92 bits per heavy atom. The smallest absolute Gasteiger partial charge is 0.243 e. The largest absolute Gasteiger partial charge is 0.338 e. The predicted octanol–water partition coefficient (Wildman–Crippen LogP) is 3.81. The summed E-state index contributed by atoms with van der Waals surface area (Å²) in [5, 5.41) is 1.78. The number of piperazine rings is 1. The highest BCUT2D eigenvalue weighted by Gasteiger charge is 2.30. The first-order chi connectivity index (χ1) is 12.6. The second-order valence-electron chi connectivity index (χ2n) is 6.92. The molecule has 1 fully saturated rings. The normalized spacial score (nSPS) is 18.4. The number of carbonyl (C=O) groups excluding carboxylic acids is 1. The van der Waals surface area contributed by atoms with Crippen LogP contribution in [0.4, 0.5) is 0 Å². The first-order valence-corrected chi connectivity index (χ1v) is 9.27. The average Bonchev–Trinajstić information content (AvgIpc) is 3.04. The molecule has 0 radical (unpaired) electrons. The highest BCUT2D eigenvalue weighted by molar-refractivity contribution is 6.31. The van der Waals surface area contributed by atoms with E-state index in [4.69, 9.17) is 11.6 Å². The summed E-state index contributed by atoms with van der Waals surface area (Å²) in [6.07, 6.45) is 1.96. The van der Waals surface area contributed by atoms with Gasteiger partial charge in [-0.2, -0.15) is 0 Å². The van der Waals surface area contributed by atoms with Gasteiger partial charge in [0.25, 0.3) is 0 Å². The third-order valence-electron chi connectivity index (χ3n) is 5.13. The molecule has 26 heavy (non-hydrogen) atoms. The third-order valence-corrected chi connectivity index (χ3v) is 5.36. The molecule has 1 aromatic heterocycles. The van der Waals surface area contributed by atoms with E-state index in [9.17, 15) is 4.79 Å². The number of hydrogen-bond acceptors (Lipinski definition) is 2. The van der Waals surface area contributed by atoms with E-state index >= 15 is 0 Å². The summed E-state index contributed by atoms with van der Waals surface area (Å²) in [6.45, 7) is 2.83. The number of hydrogen-bond donors (Lipinski definition) is 0. The van der Waals surface area contributed by atoms with Crippen LogP contribution in [0.5, 0.6) is 0 Å². The second-order valence-corrected chi connectivity index (χ2v) is 7.36. The molecular formula is C21H22ClN3O. The van der Waals surface area contributed by atoms with Crippen molar-refractivity contribution >= 4 is 28.4 Å². The fraction of sp³-hybridized carbons (Fsp3) is 0.286. The number of amides is 1. The number of nitrogens with zero attached hydrogens (tertiary/aromatic N) is 3. The lowest BCUT2D eigenvalue weighted by Gasteiger charge is -2.40. The van der Waals surface area contributed by atoms with Gasteiger partial charge in [-0.25, -0.2) is 0 Å². The third kappa shape index (κ3) is 3.35. The number of halogens is 1. The fourth-order valence-corrected chi connectivity index (χ4v) is 3.88. The highest BCUT2D eigenvalue weighted by atomic mass is 35.5. The summed E-state index contributed by atoms with van der Waals surface area (Å²) in [6, 6.07) is 18.2. The minimum atomic E-state index is 0.0906. The quantitative estimate of drug-likeness (QED) is 0.704. The van der Waals surface area contributed by atoms with Gasteiger partial charge in [0.2, 0.25) is 5.91 Å². The molecule has 3 aromatic rings. The molecule has 4 rings (SSSR count). The van der Waals surface area contributed by atoms with Gasteiger partial charge in [0.05, 0.1) is 6.04 Å². The Morgan fingerprint density at radius 1 is 1.12 bits per heavy atom. The topological polar surface area (TPSA) is 28.5 Å². The van der Waals surface area contributed by atoms with Crippen molar-refractivity contribution in [2.45, 2.75) is 12.6 Å². The summed E-state index contributed by atoms with van der Waals surface area (Å²) >= 11 is 6.14. The molecular weight excluding hydrogens is 346 g/mol. The molecule has 0 aliphatic carbocycles. The van der Waals surface area contributed by atoms with Crippen LogP contribution in [0.1, 0.15) is 11.6 Å². The maximum absolute atomic E-state index is 13.1. The van der Waals surface area contributed by atoms with Crippen molar-refractivity contribution in [3.8, 4) is 0 Å². The van der Waals surface area contributed by atoms with Gasteiger partial charge in [-0.05, 0) is 36.2 Å². The van der Waals surface area contributed by atoms with Crippen LogP contribution >= 0.6 is 11.6 Å². The van der Waals surface area contributed by atoms with Crippen molar-refractivity contribution in [1.82, 2.24) is 14.4 Å². The zero-order valence-electron chi connectivity index (χ0n) is 14.8. The monoisotopic (exact) mass is 367 g/mol. The van der Waals surface area contributed by atoms with Crippen LogP contribution < -0.4 is 0 Å². The lowest BCUT2D eigenvalue weighted by Crippen LogP contribution is -2.50. The summed E-state index contributed by atoms with van der Waals surface area (Å²) < 4.78 is 1.99. The Bertz CT molecular complexity index is 921. The Hall–Kier alpha value is -2.30. The Morgan fingerprint density at radius 3 is 2.73 bits per heavy atom. The van der Waals surface area contributed by atoms with Crippen molar-refractivity contribution in [1.29, 1.82) is 0 Å². The Kier molecular flexibility index (Phi) is 4.70. The van der Waals surface area contributed by atoms with Crippen molar-refractivity contribution in [2.24, 2.45) is 0 Å². The van der Waals surface area contributed by atoms with E-state index < -0.39 is 0 Å². The van der Waals surface area contributed by atoms with E-state index in [1.165, 1.54) is 5.56 Å². The number of rotatable bonds is 3. The van der Waals surface area contributed by atoms with Crippen LogP contribution in [0.3, 0.4) is 0 Å². The molecule has 1 amide bonds. The summed E-state index contributed by atoms with van der Waals surface area (Å²) in [7, 11) is 2.11. The molecule has 0 spiro atoms. The van der Waals surface area contributed by atoms with Crippen molar-refractivity contribution in [2.75, 3.05) is 26.7 Å². The van der Waals surface area contributed by atoms with Gasteiger partial charge in [0, 0.05) is 36.4 Å². The van der Waals surface area contributed by atoms with Crippen LogP contribution in [0.15, 0.2) is 60.8 Å². The van der Waals surface area contributed by atoms with Gasteiger partial charge in [-0.1, -0.05) is 48.0 Å². The number of benzene rings is 2. The van der Waals surface area contributed by atoms with Crippen molar-refractivity contribution < 1.29 is 4.79 Å². The number of aromatic nitrogens is 1. The minimum Gasteiger partial charge on any atom is -0.338 e. The van der Waals surface area contributed by atoms with Crippen molar-refractivity contribution in [3.05, 3.63) is 71.4 Å². The molecule has 2 aromatic carbocycles. The van der Waals surface area contributed by atoms with Gasteiger partial charge < -0.3 is 14.4 Å². The predicted molar refractivity (Wildman–Crippen MR) is 105 cm³/mol. The van der Waals surface area contributed by atoms with E-state index in [-0.39, 0.29) is 11.9 Å². The molecule has 1 aliphatic rings. The van der Waals surface area contributed by atoms with Crippen molar-refractivity contribution in [3.63, 3.8) is 0 Å². The first kappa shape index (κ1) is 17.1. The van der Waals surface area contributed by atoms with E-state index in [0.717, 1.165) is 30.5 Å². The summed E-state index contributed by atoms with van der Waals surface area (Å²) in [5.41, 5.74) is 2.18. The van der Waals surface area contributed by atoms with Gasteiger partial charge in [0.15, 0.2) is 0 Å². The molecule has 1 saturated heterocycles. The van der Waals surface area contributed by atoms with Gasteiger partial charge in [-0.3, -0.25) is 4.79 Å². The zero-order chi connectivity index (χ0) is 18.1. The highest BCUT2D eigenvalue weighted by Crippen LogP contribution is 2.26. The second kappa shape index (κ2) is 7.14. The molecule has 4 nitrogen and oxygen atoms in total. The number of likely N-dealkylation sites (N-methyl/N-ethyl adjacent to an activating group) is 1. The van der Waals surface area contributed by atoms with Crippen LogP contribution in [0.2, 0.25) is 5.02 Å². The molecule has 0 bridgehead atoms. The lowest BCUT2D eigenvalue weighted by atomic mass is 10.0. The first-order valence-electron chi connectivity index (χ1n) is 8.89. The Balaban J connectivity index is 1.60. The van der Waals surface area contributed by atoms with E-state index in [1.54, 1.807) is 0 Å². The van der Waals surface area contributed by atoms with Crippen LogP contribution in [0, 0.1) is 0 Å². The molecule has 5 heteroatoms. The van der Waals surface area contributed by atoms with Crippen LogP contribution in [-0.4, -0.2) is 47.0 Å². The fourth-order valence-electron chi connectivity index (χ4n) is 3.71. The molecule has 2 heterocycles. The molecule has 1 unspecified atom stereocenters. The summed E-state index contributed by atoms with van der Waals surface area (Å²) in [5.74, 6) is 0.143. The van der Waals surface area contributed by atoms with Crippen LogP contribution in [-0.2, 0) is 11.3 Å². The zero-order valence-corrected chi connectivity index (χ0v) is 15.6. The molecule has 134 valence electrons. The standard InChI is InChI=1S/C21H22ClN3O/c1-23-11-12-25(20(14-23)16-5-3-2-4-6-16)21(26)15-24-10-9-17-7-8-18(22)13-19(17)24/h2-10,13,20H,11-12,14-15H2,1H3. The van der Waals surface area contributed by atoms with E-state index in [2.05, 4.69) is 24.1 Å². The van der Waals surface area contributed by atoms with E-state index in [1.807, 2.05) is 58.1 Å². The summed E-state index contributed by atoms with van der Waals surface area (Å²) in [4.78, 5) is 17.4. The van der Waals surface area contributed by atoms with Gasteiger partial charge >= 0.3 is 0 Å². The Labute approximate surface area is 158 Å². The SMILES string of the molecule is CN1CCN(C(=O)Cn2ccc3ccc(Cl)cc32)C(c2ccccc2)C1. The average molecular weight is 368 g/mol. The minimum absolute atomic E-state index is 0.0906. The van der Waals surface area contributed by atoms with Crippen LogP contribution in [0.25, 0.3) is 10.9 Å². The maximum atomic E-state index is 13.1. The number of carbonyl (C=O) groups is 1. The molecule has 0 N–H and O–H groups in total. The number of fused-ring (bicyclic) bond motifs is 1. The molecule has 0 saturated carbocycles. The van der Waals surface area contributed by atoms with E-state index in [0.29, 0.717) is 11.6 Å². The molecule has 1 atom stereocenters.